The van der Waals surface area contributed by atoms with Crippen molar-refractivity contribution in [2.45, 2.75) is 39.7 Å². The number of rotatable bonds is 6. The van der Waals surface area contributed by atoms with Crippen molar-refractivity contribution in [3.63, 3.8) is 0 Å². The summed E-state index contributed by atoms with van der Waals surface area (Å²) >= 11 is 0. The van der Waals surface area contributed by atoms with E-state index in [0.29, 0.717) is 0 Å². The summed E-state index contributed by atoms with van der Waals surface area (Å²) in [4.78, 5) is 0. The third-order valence-corrected chi connectivity index (χ3v) is 1.59. The van der Waals surface area contributed by atoms with Crippen molar-refractivity contribution in [3.05, 3.63) is 0 Å². The predicted octanol–water partition coefficient (Wildman–Crippen LogP) is 2.23. The van der Waals surface area contributed by atoms with Gasteiger partial charge in [-0.3, -0.25) is 0 Å². The van der Waals surface area contributed by atoms with Crippen molar-refractivity contribution < 1.29 is 9.47 Å². The average molecular weight is 160 g/mol. The van der Waals surface area contributed by atoms with Crippen molar-refractivity contribution in [2.75, 3.05) is 19.8 Å². The van der Waals surface area contributed by atoms with Crippen molar-refractivity contribution in [1.82, 2.24) is 0 Å². The zero-order valence-electron chi connectivity index (χ0n) is 8.14. The maximum Gasteiger partial charge on any atom is 0.0648 e. The maximum absolute atomic E-state index is 5.50. The van der Waals surface area contributed by atoms with E-state index in [9.17, 15) is 0 Å². The van der Waals surface area contributed by atoms with E-state index in [1.54, 1.807) is 0 Å². The van der Waals surface area contributed by atoms with E-state index >= 15 is 0 Å². The highest BCUT2D eigenvalue weighted by Gasteiger charge is 2.16. The summed E-state index contributed by atoms with van der Waals surface area (Å²) in [6.07, 6.45) is 0.967. The zero-order valence-corrected chi connectivity index (χ0v) is 8.14. The molecule has 0 spiro atoms. The molecule has 0 fully saturated rings. The lowest BCUT2D eigenvalue weighted by Gasteiger charge is -2.24. The molecule has 11 heavy (non-hydrogen) atoms. The topological polar surface area (TPSA) is 18.5 Å². The van der Waals surface area contributed by atoms with Crippen LogP contribution in [0.3, 0.4) is 0 Å². The Bertz CT molecular complexity index is 89.6. The van der Waals surface area contributed by atoms with Gasteiger partial charge in [-0.25, -0.2) is 0 Å². The highest BCUT2D eigenvalue weighted by atomic mass is 16.5. The van der Waals surface area contributed by atoms with E-state index in [-0.39, 0.29) is 5.60 Å². The van der Waals surface area contributed by atoms with Crippen LogP contribution in [0.4, 0.5) is 0 Å². The third kappa shape index (κ3) is 6.32. The van der Waals surface area contributed by atoms with E-state index < -0.39 is 0 Å². The van der Waals surface area contributed by atoms with Gasteiger partial charge < -0.3 is 9.47 Å². The third-order valence-electron chi connectivity index (χ3n) is 1.59. The second-order valence-corrected chi connectivity index (χ2v) is 3.14. The van der Waals surface area contributed by atoms with Gasteiger partial charge >= 0.3 is 0 Å². The Kier molecular flexibility index (Phi) is 5.51. The SMILES string of the molecule is CCOCCC(C)(C)OCC. The van der Waals surface area contributed by atoms with Crippen LogP contribution in [0.5, 0.6) is 0 Å². The molecule has 0 saturated carbocycles. The summed E-state index contributed by atoms with van der Waals surface area (Å²) in [6, 6.07) is 0. The number of ether oxygens (including phenoxy) is 2. The molecule has 0 aliphatic rings. The molecule has 0 N–H and O–H groups in total. The van der Waals surface area contributed by atoms with Crippen LogP contribution in [0, 0.1) is 0 Å². The molecule has 0 aromatic heterocycles. The van der Waals surface area contributed by atoms with E-state index in [1.165, 1.54) is 0 Å². The van der Waals surface area contributed by atoms with E-state index in [4.69, 9.17) is 9.47 Å². The van der Waals surface area contributed by atoms with Crippen LogP contribution >= 0.6 is 0 Å². The van der Waals surface area contributed by atoms with Crippen LogP contribution in [0.15, 0.2) is 0 Å². The number of hydrogen-bond donors (Lipinski definition) is 0. The van der Waals surface area contributed by atoms with Crippen molar-refractivity contribution in [3.8, 4) is 0 Å². The lowest BCUT2D eigenvalue weighted by Crippen LogP contribution is -2.26. The predicted molar refractivity (Wildman–Crippen MR) is 46.8 cm³/mol. The molecule has 0 amide bonds. The molecule has 0 aromatic rings. The largest absolute Gasteiger partial charge is 0.382 e. The van der Waals surface area contributed by atoms with Gasteiger partial charge in [-0.05, 0) is 34.1 Å². The van der Waals surface area contributed by atoms with Gasteiger partial charge in [-0.1, -0.05) is 0 Å². The summed E-state index contributed by atoms with van der Waals surface area (Å²) in [5.74, 6) is 0. The van der Waals surface area contributed by atoms with Crippen LogP contribution in [-0.2, 0) is 9.47 Å². The first-order valence-corrected chi connectivity index (χ1v) is 4.34. The van der Waals surface area contributed by atoms with E-state index in [1.807, 2.05) is 13.8 Å². The first kappa shape index (κ1) is 10.9. The fraction of sp³-hybridized carbons (Fsp3) is 1.00. The minimum atomic E-state index is -0.0239. The normalized spacial score (nSPS) is 12.0. The Balaban J connectivity index is 3.38. The van der Waals surface area contributed by atoms with Gasteiger partial charge in [0.25, 0.3) is 0 Å². The van der Waals surface area contributed by atoms with Crippen molar-refractivity contribution in [2.24, 2.45) is 0 Å². The van der Waals surface area contributed by atoms with Gasteiger partial charge in [0.15, 0.2) is 0 Å². The van der Waals surface area contributed by atoms with Crippen LogP contribution in [-0.4, -0.2) is 25.4 Å². The highest BCUT2D eigenvalue weighted by Crippen LogP contribution is 2.13. The Morgan fingerprint density at radius 2 is 1.73 bits per heavy atom. The quantitative estimate of drug-likeness (QED) is 0.555. The second-order valence-electron chi connectivity index (χ2n) is 3.14. The summed E-state index contributed by atoms with van der Waals surface area (Å²) in [5, 5.41) is 0. The molecule has 0 heterocycles. The van der Waals surface area contributed by atoms with Gasteiger partial charge in [0.2, 0.25) is 0 Å². The van der Waals surface area contributed by atoms with E-state index in [2.05, 4.69) is 13.8 Å². The summed E-state index contributed by atoms with van der Waals surface area (Å²) in [5.41, 5.74) is -0.0239. The molecule has 2 heteroatoms. The molecular weight excluding hydrogens is 140 g/mol. The van der Waals surface area contributed by atoms with Gasteiger partial charge in [-0.2, -0.15) is 0 Å². The van der Waals surface area contributed by atoms with Gasteiger partial charge in [-0.15, -0.1) is 0 Å². The smallest absolute Gasteiger partial charge is 0.0648 e. The van der Waals surface area contributed by atoms with Crippen LogP contribution in [0.2, 0.25) is 0 Å². The molecule has 0 aliphatic heterocycles. The maximum atomic E-state index is 5.50. The standard InChI is InChI=1S/C9H20O2/c1-5-10-8-7-9(3,4)11-6-2/h5-8H2,1-4H3. The first-order chi connectivity index (χ1) is 5.12. The molecular formula is C9H20O2. The Labute approximate surface area is 69.9 Å². The van der Waals surface area contributed by atoms with Crippen molar-refractivity contribution >= 4 is 0 Å². The molecule has 68 valence electrons. The highest BCUT2D eigenvalue weighted by molar-refractivity contribution is 4.67. The molecule has 2 nitrogen and oxygen atoms in total. The van der Waals surface area contributed by atoms with Crippen LogP contribution in [0.1, 0.15) is 34.1 Å². The molecule has 0 atom stereocenters. The second kappa shape index (κ2) is 5.56. The van der Waals surface area contributed by atoms with Crippen molar-refractivity contribution in [1.29, 1.82) is 0 Å². The molecule has 0 rings (SSSR count). The minimum absolute atomic E-state index is 0.0239. The fourth-order valence-corrected chi connectivity index (χ4v) is 0.925. The van der Waals surface area contributed by atoms with Gasteiger partial charge in [0.05, 0.1) is 5.60 Å². The fourth-order valence-electron chi connectivity index (χ4n) is 0.925. The lowest BCUT2D eigenvalue weighted by molar-refractivity contribution is -0.0337. The minimum Gasteiger partial charge on any atom is -0.382 e. The van der Waals surface area contributed by atoms with Crippen LogP contribution < -0.4 is 0 Å². The Morgan fingerprint density at radius 3 is 2.18 bits per heavy atom. The Morgan fingerprint density at radius 1 is 1.09 bits per heavy atom. The molecule has 0 aliphatic carbocycles. The summed E-state index contributed by atoms with van der Waals surface area (Å²) in [6.45, 7) is 10.6. The van der Waals surface area contributed by atoms with Crippen LogP contribution in [0.25, 0.3) is 0 Å². The van der Waals surface area contributed by atoms with Gasteiger partial charge in [0, 0.05) is 19.8 Å². The summed E-state index contributed by atoms with van der Waals surface area (Å²) in [7, 11) is 0. The molecule has 0 unspecified atom stereocenters. The van der Waals surface area contributed by atoms with E-state index in [0.717, 1.165) is 26.2 Å². The monoisotopic (exact) mass is 160 g/mol. The lowest BCUT2D eigenvalue weighted by atomic mass is 10.1. The zero-order chi connectivity index (χ0) is 8.74. The number of hydrogen-bond acceptors (Lipinski definition) is 2. The molecule has 0 saturated heterocycles. The van der Waals surface area contributed by atoms with Gasteiger partial charge in [0.1, 0.15) is 0 Å². The molecule has 0 radical (unpaired) electrons. The summed E-state index contributed by atoms with van der Waals surface area (Å²) < 4.78 is 10.7. The first-order valence-electron chi connectivity index (χ1n) is 4.34. The Hall–Kier alpha value is -0.0800. The molecule has 0 aromatic carbocycles. The average Bonchev–Trinajstić information content (AvgIpc) is 1.87. The molecule has 0 bridgehead atoms.